The zero-order chi connectivity index (χ0) is 10.8. The topological polar surface area (TPSA) is 42.1 Å². The molecule has 2 N–H and O–H groups in total. The molecule has 0 aromatic carbocycles. The maximum atomic E-state index is 6.22. The van der Waals surface area contributed by atoms with Crippen LogP contribution in [0.5, 0.6) is 0 Å². The van der Waals surface area contributed by atoms with Gasteiger partial charge in [-0.25, -0.2) is 4.98 Å². The van der Waals surface area contributed by atoms with Crippen LogP contribution in [0.2, 0.25) is 0 Å². The van der Waals surface area contributed by atoms with Gasteiger partial charge in [-0.2, -0.15) is 0 Å². The van der Waals surface area contributed by atoms with Crippen molar-refractivity contribution in [3.63, 3.8) is 0 Å². The third-order valence-electron chi connectivity index (χ3n) is 3.08. The number of hydrogen-bond acceptors (Lipinski definition) is 4. The number of nitrogens with two attached hydrogens (primary N) is 1. The van der Waals surface area contributed by atoms with Crippen molar-refractivity contribution < 1.29 is 0 Å². The molecule has 84 valence electrons. The number of thiazole rings is 1. The lowest BCUT2D eigenvalue weighted by molar-refractivity contribution is 0.0945. The highest BCUT2D eigenvalue weighted by Crippen LogP contribution is 2.32. The van der Waals surface area contributed by atoms with Gasteiger partial charge in [0, 0.05) is 23.7 Å². The normalized spacial score (nSPS) is 28.5. The molecule has 0 spiro atoms. The van der Waals surface area contributed by atoms with Crippen molar-refractivity contribution in [1.29, 1.82) is 0 Å². The Morgan fingerprint density at radius 1 is 1.60 bits per heavy atom. The Morgan fingerprint density at radius 2 is 2.40 bits per heavy atom. The molecule has 0 aliphatic carbocycles. The Morgan fingerprint density at radius 3 is 3.00 bits per heavy atom. The lowest BCUT2D eigenvalue weighted by Crippen LogP contribution is -2.48. The minimum Gasteiger partial charge on any atom is -0.326 e. The predicted octanol–water partition coefficient (Wildman–Crippen LogP) is 2.02. The zero-order valence-electron chi connectivity index (χ0n) is 9.39. The molecule has 15 heavy (non-hydrogen) atoms. The second-order valence-electron chi connectivity index (χ2n) is 4.45. The van der Waals surface area contributed by atoms with Gasteiger partial charge in [0.05, 0.1) is 6.04 Å². The van der Waals surface area contributed by atoms with E-state index in [1.807, 2.05) is 11.6 Å². The molecule has 4 heteroatoms. The zero-order valence-corrected chi connectivity index (χ0v) is 10.2. The van der Waals surface area contributed by atoms with Gasteiger partial charge >= 0.3 is 0 Å². The van der Waals surface area contributed by atoms with E-state index in [1.54, 1.807) is 11.3 Å². The summed E-state index contributed by atoms with van der Waals surface area (Å²) in [5, 5.41) is 3.21. The second-order valence-corrected chi connectivity index (χ2v) is 5.38. The first kappa shape index (κ1) is 11.0. The van der Waals surface area contributed by atoms with Crippen molar-refractivity contribution >= 4 is 11.3 Å². The minimum absolute atomic E-state index is 0.243. The average Bonchev–Trinajstić information content (AvgIpc) is 2.70. The molecule has 1 saturated heterocycles. The van der Waals surface area contributed by atoms with Crippen LogP contribution in [-0.2, 0) is 0 Å². The number of rotatable bonds is 2. The monoisotopic (exact) mass is 225 g/mol. The van der Waals surface area contributed by atoms with E-state index in [0.717, 1.165) is 13.0 Å². The van der Waals surface area contributed by atoms with Crippen molar-refractivity contribution in [2.45, 2.75) is 44.8 Å². The summed E-state index contributed by atoms with van der Waals surface area (Å²) >= 11 is 1.72. The Hall–Kier alpha value is -0.450. The van der Waals surface area contributed by atoms with E-state index in [1.165, 1.54) is 11.4 Å². The van der Waals surface area contributed by atoms with Crippen molar-refractivity contribution in [1.82, 2.24) is 9.88 Å². The van der Waals surface area contributed by atoms with Gasteiger partial charge in [-0.15, -0.1) is 11.3 Å². The number of nitrogens with zero attached hydrogens (tertiary/aromatic N) is 2. The molecule has 1 aliphatic rings. The Labute approximate surface area is 95.3 Å². The molecule has 1 aliphatic heterocycles. The van der Waals surface area contributed by atoms with Crippen LogP contribution in [0.1, 0.15) is 37.7 Å². The van der Waals surface area contributed by atoms with E-state index in [2.05, 4.69) is 23.7 Å². The van der Waals surface area contributed by atoms with Gasteiger partial charge in [0.25, 0.3) is 0 Å². The summed E-state index contributed by atoms with van der Waals surface area (Å²) in [5.41, 5.74) is 6.22. The highest BCUT2D eigenvalue weighted by Gasteiger charge is 2.33. The number of piperidine rings is 1. The van der Waals surface area contributed by atoms with Crippen LogP contribution in [0.25, 0.3) is 0 Å². The molecular weight excluding hydrogens is 206 g/mol. The summed E-state index contributed by atoms with van der Waals surface area (Å²) in [6, 6.07) is 1.12. The fraction of sp³-hybridized carbons (Fsp3) is 0.727. The second kappa shape index (κ2) is 4.60. The molecule has 2 unspecified atom stereocenters. The van der Waals surface area contributed by atoms with Gasteiger partial charge < -0.3 is 5.73 Å². The van der Waals surface area contributed by atoms with Crippen molar-refractivity contribution in [2.75, 3.05) is 6.54 Å². The van der Waals surface area contributed by atoms with Crippen LogP contribution in [0, 0.1) is 0 Å². The molecule has 1 fully saturated rings. The van der Waals surface area contributed by atoms with Gasteiger partial charge in [0.1, 0.15) is 5.01 Å². The molecule has 1 aromatic heterocycles. The molecule has 2 rings (SSSR count). The molecule has 2 heterocycles. The quantitative estimate of drug-likeness (QED) is 0.837. The first-order valence-corrected chi connectivity index (χ1v) is 6.49. The van der Waals surface area contributed by atoms with Crippen LogP contribution in [0.4, 0.5) is 0 Å². The first-order chi connectivity index (χ1) is 7.20. The maximum absolute atomic E-state index is 6.22. The highest BCUT2D eigenvalue weighted by atomic mass is 32.1. The van der Waals surface area contributed by atoms with Gasteiger partial charge in [0.2, 0.25) is 0 Å². The SMILES string of the molecule is CC(C)N1CCCC(N)C1c1nccs1. The minimum atomic E-state index is 0.243. The summed E-state index contributed by atoms with van der Waals surface area (Å²) in [6.45, 7) is 5.62. The highest BCUT2D eigenvalue weighted by molar-refractivity contribution is 7.09. The van der Waals surface area contributed by atoms with E-state index in [-0.39, 0.29) is 6.04 Å². The third kappa shape index (κ3) is 2.22. The summed E-state index contributed by atoms with van der Waals surface area (Å²) < 4.78 is 0. The third-order valence-corrected chi connectivity index (χ3v) is 3.93. The summed E-state index contributed by atoms with van der Waals surface area (Å²) in [6.07, 6.45) is 4.20. The van der Waals surface area contributed by atoms with Gasteiger partial charge in [-0.3, -0.25) is 4.90 Å². The molecule has 2 atom stereocenters. The van der Waals surface area contributed by atoms with E-state index >= 15 is 0 Å². The van der Waals surface area contributed by atoms with Gasteiger partial charge in [0.15, 0.2) is 0 Å². The largest absolute Gasteiger partial charge is 0.326 e. The van der Waals surface area contributed by atoms with Crippen LogP contribution in [0.15, 0.2) is 11.6 Å². The average molecular weight is 225 g/mol. The molecule has 0 amide bonds. The predicted molar refractivity (Wildman–Crippen MR) is 63.9 cm³/mol. The molecule has 1 aromatic rings. The number of hydrogen-bond donors (Lipinski definition) is 1. The molecule has 0 radical (unpaired) electrons. The summed E-state index contributed by atoms with van der Waals surface area (Å²) in [7, 11) is 0. The Balaban J connectivity index is 2.23. The Bertz CT molecular complexity index is 297. The molecule has 0 saturated carbocycles. The van der Waals surface area contributed by atoms with E-state index in [9.17, 15) is 0 Å². The number of likely N-dealkylation sites (tertiary alicyclic amines) is 1. The van der Waals surface area contributed by atoms with Gasteiger partial charge in [-0.05, 0) is 33.2 Å². The van der Waals surface area contributed by atoms with E-state index < -0.39 is 0 Å². The summed E-state index contributed by atoms with van der Waals surface area (Å²) in [4.78, 5) is 6.90. The molecule has 0 bridgehead atoms. The van der Waals surface area contributed by atoms with Gasteiger partial charge in [-0.1, -0.05) is 0 Å². The number of aromatic nitrogens is 1. The lowest BCUT2D eigenvalue weighted by atomic mass is 9.96. The van der Waals surface area contributed by atoms with Crippen LogP contribution in [-0.4, -0.2) is 28.5 Å². The smallest absolute Gasteiger partial charge is 0.111 e. The fourth-order valence-corrected chi connectivity index (χ4v) is 3.17. The Kier molecular flexibility index (Phi) is 3.38. The lowest BCUT2D eigenvalue weighted by Gasteiger charge is -2.41. The van der Waals surface area contributed by atoms with E-state index in [0.29, 0.717) is 12.1 Å². The van der Waals surface area contributed by atoms with Crippen molar-refractivity contribution in [3.05, 3.63) is 16.6 Å². The van der Waals surface area contributed by atoms with Crippen LogP contribution < -0.4 is 5.73 Å². The van der Waals surface area contributed by atoms with Crippen molar-refractivity contribution in [3.8, 4) is 0 Å². The fourth-order valence-electron chi connectivity index (χ4n) is 2.34. The standard InChI is InChI=1S/C11H19N3S/c1-8(2)14-6-3-4-9(12)10(14)11-13-5-7-15-11/h5,7-10H,3-4,6,12H2,1-2H3. The molecule has 3 nitrogen and oxygen atoms in total. The molecular formula is C11H19N3S. The maximum Gasteiger partial charge on any atom is 0.111 e. The first-order valence-electron chi connectivity index (χ1n) is 5.61. The van der Waals surface area contributed by atoms with Crippen LogP contribution >= 0.6 is 11.3 Å². The van der Waals surface area contributed by atoms with Crippen molar-refractivity contribution in [2.24, 2.45) is 5.73 Å². The van der Waals surface area contributed by atoms with E-state index in [4.69, 9.17) is 5.73 Å². The summed E-state index contributed by atoms with van der Waals surface area (Å²) in [5.74, 6) is 0. The van der Waals surface area contributed by atoms with Crippen LogP contribution in [0.3, 0.4) is 0 Å².